The largest absolute Gasteiger partial charge is 0.394 e. The van der Waals surface area contributed by atoms with Crippen molar-refractivity contribution in [3.05, 3.63) is 0 Å². The molecular formula is C22H45NO3. The van der Waals surface area contributed by atoms with E-state index in [0.29, 0.717) is 0 Å². The van der Waals surface area contributed by atoms with Gasteiger partial charge in [-0.1, -0.05) is 90.4 Å². The molecule has 1 heterocycles. The predicted octanol–water partition coefficient (Wildman–Crippen LogP) is 5.13. The first-order chi connectivity index (χ1) is 12.8. The summed E-state index contributed by atoms with van der Waals surface area (Å²) in [5.74, 6) is 0. The molecule has 1 aliphatic rings. The molecule has 2 atom stereocenters. The van der Waals surface area contributed by atoms with Crippen molar-refractivity contribution in [1.29, 1.82) is 0 Å². The van der Waals surface area contributed by atoms with Crippen LogP contribution in [0.25, 0.3) is 0 Å². The first-order valence-corrected chi connectivity index (χ1v) is 11.3. The average molecular weight is 372 g/mol. The number of methoxy groups -OCH3 is 1. The molecule has 0 aliphatic carbocycles. The number of nitrogens with zero attached hydrogens (tertiary/aromatic N) is 1. The van der Waals surface area contributed by atoms with Crippen LogP contribution in [0.3, 0.4) is 0 Å². The van der Waals surface area contributed by atoms with Crippen molar-refractivity contribution in [1.82, 2.24) is 4.90 Å². The van der Waals surface area contributed by atoms with Gasteiger partial charge in [0.2, 0.25) is 0 Å². The molecule has 0 bridgehead atoms. The Balaban J connectivity index is 1.84. The second-order valence-electron chi connectivity index (χ2n) is 7.96. The van der Waals surface area contributed by atoms with Gasteiger partial charge in [-0.3, -0.25) is 4.90 Å². The quantitative estimate of drug-likeness (QED) is 0.360. The fraction of sp³-hybridized carbons (Fsp3) is 1.00. The summed E-state index contributed by atoms with van der Waals surface area (Å²) in [5.41, 5.74) is 0. The second kappa shape index (κ2) is 17.0. The predicted molar refractivity (Wildman–Crippen MR) is 110 cm³/mol. The standard InChI is InChI=1S/C22H45NO3/c1-3-4-5-6-7-8-9-10-11-12-13-14-15-16-17-23-18-21(20-24)26-22(19-23)25-2/h21-22,24H,3-20H2,1-2H3. The van der Waals surface area contributed by atoms with E-state index in [4.69, 9.17) is 9.47 Å². The monoisotopic (exact) mass is 371 g/mol. The number of ether oxygens (including phenoxy) is 2. The number of aliphatic hydroxyl groups excluding tert-OH is 1. The molecule has 0 spiro atoms. The highest BCUT2D eigenvalue weighted by molar-refractivity contribution is 4.73. The van der Waals surface area contributed by atoms with Gasteiger partial charge >= 0.3 is 0 Å². The third-order valence-corrected chi connectivity index (χ3v) is 5.51. The van der Waals surface area contributed by atoms with Crippen LogP contribution in [0.15, 0.2) is 0 Å². The number of aliphatic hydroxyl groups is 1. The Morgan fingerprint density at radius 1 is 0.808 bits per heavy atom. The first-order valence-electron chi connectivity index (χ1n) is 11.3. The van der Waals surface area contributed by atoms with Crippen LogP contribution in [-0.2, 0) is 9.47 Å². The summed E-state index contributed by atoms with van der Waals surface area (Å²) in [6, 6.07) is 0. The molecule has 0 aromatic heterocycles. The number of rotatable bonds is 17. The van der Waals surface area contributed by atoms with Gasteiger partial charge in [-0.2, -0.15) is 0 Å². The van der Waals surface area contributed by atoms with Gasteiger partial charge in [0.15, 0.2) is 6.29 Å². The molecule has 0 radical (unpaired) electrons. The van der Waals surface area contributed by atoms with E-state index in [1.165, 1.54) is 89.9 Å². The molecule has 4 heteroatoms. The van der Waals surface area contributed by atoms with Crippen LogP contribution in [-0.4, -0.2) is 55.8 Å². The van der Waals surface area contributed by atoms with E-state index in [9.17, 15) is 5.11 Å². The lowest BCUT2D eigenvalue weighted by Crippen LogP contribution is -2.49. The molecule has 0 aromatic rings. The van der Waals surface area contributed by atoms with E-state index in [1.807, 2.05) is 0 Å². The average Bonchev–Trinajstić information content (AvgIpc) is 2.67. The van der Waals surface area contributed by atoms with Gasteiger partial charge in [0.05, 0.1) is 12.7 Å². The highest BCUT2D eigenvalue weighted by Crippen LogP contribution is 2.15. The maximum Gasteiger partial charge on any atom is 0.170 e. The summed E-state index contributed by atoms with van der Waals surface area (Å²) in [6.07, 6.45) is 19.3. The van der Waals surface area contributed by atoms with Crippen molar-refractivity contribution in [2.45, 2.75) is 109 Å². The Labute approximate surface area is 162 Å². The van der Waals surface area contributed by atoms with Crippen LogP contribution in [0.5, 0.6) is 0 Å². The first kappa shape index (κ1) is 23.9. The Bertz CT molecular complexity index is 289. The molecule has 0 amide bonds. The summed E-state index contributed by atoms with van der Waals surface area (Å²) in [5, 5.41) is 9.31. The lowest BCUT2D eigenvalue weighted by molar-refractivity contribution is -0.205. The van der Waals surface area contributed by atoms with Crippen LogP contribution in [0.1, 0.15) is 96.8 Å². The highest BCUT2D eigenvalue weighted by atomic mass is 16.7. The van der Waals surface area contributed by atoms with Gasteiger partial charge < -0.3 is 14.6 Å². The molecule has 4 nitrogen and oxygen atoms in total. The van der Waals surface area contributed by atoms with Crippen molar-refractivity contribution in [3.8, 4) is 0 Å². The molecule has 0 saturated carbocycles. The zero-order valence-electron chi connectivity index (χ0n) is 17.6. The molecule has 1 N–H and O–H groups in total. The Kier molecular flexibility index (Phi) is 15.6. The molecule has 1 rings (SSSR count). The molecule has 0 aromatic carbocycles. The van der Waals surface area contributed by atoms with Crippen LogP contribution in [0, 0.1) is 0 Å². The summed E-state index contributed by atoms with van der Waals surface area (Å²) in [7, 11) is 1.68. The van der Waals surface area contributed by atoms with Crippen molar-refractivity contribution >= 4 is 0 Å². The lowest BCUT2D eigenvalue weighted by atomic mass is 10.0. The summed E-state index contributed by atoms with van der Waals surface area (Å²) in [6.45, 7) is 5.11. The maximum absolute atomic E-state index is 9.31. The number of unbranched alkanes of at least 4 members (excludes halogenated alkanes) is 13. The van der Waals surface area contributed by atoms with Gasteiger partial charge in [0.25, 0.3) is 0 Å². The van der Waals surface area contributed by atoms with E-state index in [2.05, 4.69) is 11.8 Å². The molecule has 1 fully saturated rings. The molecule has 26 heavy (non-hydrogen) atoms. The highest BCUT2D eigenvalue weighted by Gasteiger charge is 2.26. The van der Waals surface area contributed by atoms with Crippen molar-refractivity contribution < 1.29 is 14.6 Å². The molecule has 1 saturated heterocycles. The normalized spacial score (nSPS) is 21.3. The second-order valence-corrected chi connectivity index (χ2v) is 7.96. The van der Waals surface area contributed by atoms with Gasteiger partial charge in [0, 0.05) is 20.2 Å². The summed E-state index contributed by atoms with van der Waals surface area (Å²) < 4.78 is 10.9. The van der Waals surface area contributed by atoms with E-state index in [0.717, 1.165) is 19.6 Å². The van der Waals surface area contributed by atoms with Crippen LogP contribution in [0.2, 0.25) is 0 Å². The third kappa shape index (κ3) is 12.3. The maximum atomic E-state index is 9.31. The fourth-order valence-corrected chi connectivity index (χ4v) is 3.82. The van der Waals surface area contributed by atoms with Crippen LogP contribution < -0.4 is 0 Å². The molecular weight excluding hydrogens is 326 g/mol. The number of hydrogen-bond donors (Lipinski definition) is 1. The Morgan fingerprint density at radius 2 is 1.31 bits per heavy atom. The van der Waals surface area contributed by atoms with Gasteiger partial charge in [-0.15, -0.1) is 0 Å². The number of morpholine rings is 1. The SMILES string of the molecule is CCCCCCCCCCCCCCCCN1CC(CO)OC(OC)C1. The minimum absolute atomic E-state index is 0.0785. The van der Waals surface area contributed by atoms with Crippen molar-refractivity contribution in [3.63, 3.8) is 0 Å². The zero-order chi connectivity index (χ0) is 18.9. The van der Waals surface area contributed by atoms with Gasteiger partial charge in [0.1, 0.15) is 0 Å². The third-order valence-electron chi connectivity index (χ3n) is 5.51. The Hall–Kier alpha value is -0.160. The zero-order valence-corrected chi connectivity index (χ0v) is 17.6. The van der Waals surface area contributed by atoms with Crippen molar-refractivity contribution in [2.24, 2.45) is 0 Å². The van der Waals surface area contributed by atoms with E-state index >= 15 is 0 Å². The smallest absolute Gasteiger partial charge is 0.170 e. The molecule has 156 valence electrons. The molecule has 1 aliphatic heterocycles. The van der Waals surface area contributed by atoms with Crippen LogP contribution >= 0.6 is 0 Å². The summed E-state index contributed by atoms with van der Waals surface area (Å²) >= 11 is 0. The number of hydrogen-bond acceptors (Lipinski definition) is 4. The topological polar surface area (TPSA) is 41.9 Å². The minimum Gasteiger partial charge on any atom is -0.394 e. The van der Waals surface area contributed by atoms with Gasteiger partial charge in [-0.05, 0) is 13.0 Å². The van der Waals surface area contributed by atoms with E-state index < -0.39 is 0 Å². The molecule has 2 unspecified atom stereocenters. The minimum atomic E-state index is -0.187. The lowest BCUT2D eigenvalue weighted by Gasteiger charge is -2.36. The van der Waals surface area contributed by atoms with Gasteiger partial charge in [-0.25, -0.2) is 0 Å². The van der Waals surface area contributed by atoms with E-state index in [-0.39, 0.29) is 19.0 Å². The summed E-state index contributed by atoms with van der Waals surface area (Å²) in [4.78, 5) is 2.37. The van der Waals surface area contributed by atoms with Crippen molar-refractivity contribution in [2.75, 3.05) is 33.4 Å². The van der Waals surface area contributed by atoms with Crippen LogP contribution in [0.4, 0.5) is 0 Å². The fourth-order valence-electron chi connectivity index (χ4n) is 3.82. The van der Waals surface area contributed by atoms with E-state index in [1.54, 1.807) is 7.11 Å². The Morgan fingerprint density at radius 3 is 1.77 bits per heavy atom.